The highest BCUT2D eigenvalue weighted by atomic mass is 32.2. The highest BCUT2D eigenvalue weighted by Crippen LogP contribution is 2.16. The van der Waals surface area contributed by atoms with Gasteiger partial charge in [-0.3, -0.25) is 4.79 Å². The van der Waals surface area contributed by atoms with E-state index in [-0.39, 0.29) is 13.1 Å². The maximum Gasteiger partial charge on any atom is 0.236 e. The van der Waals surface area contributed by atoms with Crippen LogP contribution in [-0.2, 0) is 21.4 Å². The summed E-state index contributed by atoms with van der Waals surface area (Å²) < 4.78 is 30.7. The van der Waals surface area contributed by atoms with E-state index in [4.69, 9.17) is 4.74 Å². The van der Waals surface area contributed by atoms with E-state index in [0.29, 0.717) is 5.75 Å². The third kappa shape index (κ3) is 5.72. The Labute approximate surface area is 154 Å². The Balaban J connectivity index is 1.92. The third-order valence-corrected chi connectivity index (χ3v) is 5.18. The van der Waals surface area contributed by atoms with Crippen molar-refractivity contribution in [2.75, 3.05) is 20.7 Å². The van der Waals surface area contributed by atoms with Crippen molar-refractivity contribution in [1.82, 2.24) is 9.62 Å². The number of likely N-dealkylation sites (N-methyl/N-ethyl adjacent to an activating group) is 1. The minimum Gasteiger partial charge on any atom is -0.496 e. The molecule has 0 saturated heterocycles. The van der Waals surface area contributed by atoms with Gasteiger partial charge in [0.2, 0.25) is 15.9 Å². The van der Waals surface area contributed by atoms with Crippen LogP contribution in [0.15, 0.2) is 60.0 Å². The normalized spacial score (nSPS) is 11.7. The van der Waals surface area contributed by atoms with Crippen molar-refractivity contribution in [3.05, 3.63) is 71.1 Å². The molecule has 0 aliphatic carbocycles. The average molecular weight is 374 g/mol. The number of carbonyl (C=O) groups is 1. The minimum absolute atomic E-state index is 0.261. The fraction of sp³-hybridized carbons (Fsp3) is 0.211. The number of hydrogen-bond donors (Lipinski definition) is 1. The van der Waals surface area contributed by atoms with E-state index < -0.39 is 15.9 Å². The summed E-state index contributed by atoms with van der Waals surface area (Å²) in [6.45, 7) is -0.00675. The number of carbonyl (C=O) groups excluding carboxylic acids is 1. The van der Waals surface area contributed by atoms with Crippen LogP contribution in [0.25, 0.3) is 6.08 Å². The Hall–Kier alpha value is -2.64. The molecular formula is C19H22N2O4S. The lowest BCUT2D eigenvalue weighted by atomic mass is 10.2. The number of ether oxygens (including phenoxy) is 1. The van der Waals surface area contributed by atoms with E-state index in [1.807, 2.05) is 36.4 Å². The fourth-order valence-electron chi connectivity index (χ4n) is 2.22. The molecular weight excluding hydrogens is 352 g/mol. The van der Waals surface area contributed by atoms with Crippen molar-refractivity contribution >= 4 is 22.0 Å². The van der Waals surface area contributed by atoms with E-state index in [2.05, 4.69) is 5.32 Å². The molecule has 0 fully saturated rings. The van der Waals surface area contributed by atoms with Crippen LogP contribution in [0.1, 0.15) is 11.1 Å². The first kappa shape index (κ1) is 19.7. The van der Waals surface area contributed by atoms with Gasteiger partial charge in [-0.05, 0) is 17.7 Å². The number of hydrogen-bond acceptors (Lipinski definition) is 4. The summed E-state index contributed by atoms with van der Waals surface area (Å²) in [5, 5.41) is 3.79. The van der Waals surface area contributed by atoms with Gasteiger partial charge >= 0.3 is 0 Å². The molecule has 0 aromatic heterocycles. The smallest absolute Gasteiger partial charge is 0.236 e. The zero-order valence-corrected chi connectivity index (χ0v) is 15.6. The van der Waals surface area contributed by atoms with Crippen LogP contribution < -0.4 is 10.1 Å². The summed E-state index contributed by atoms with van der Waals surface area (Å²) in [4.78, 5) is 12.1. The van der Waals surface area contributed by atoms with Crippen LogP contribution in [0.5, 0.6) is 5.75 Å². The number of nitrogens with zero attached hydrogens (tertiary/aromatic N) is 1. The maximum absolute atomic E-state index is 12.3. The number of methoxy groups -OCH3 is 1. The second-order valence-corrected chi connectivity index (χ2v) is 7.53. The van der Waals surface area contributed by atoms with Crippen molar-refractivity contribution in [3.8, 4) is 5.75 Å². The topological polar surface area (TPSA) is 75.7 Å². The van der Waals surface area contributed by atoms with Gasteiger partial charge in [-0.2, -0.15) is 4.31 Å². The molecule has 7 heteroatoms. The van der Waals surface area contributed by atoms with Gasteiger partial charge in [0, 0.05) is 24.6 Å². The number of nitrogens with one attached hydrogen (secondary N) is 1. The zero-order valence-electron chi connectivity index (χ0n) is 14.8. The first-order valence-electron chi connectivity index (χ1n) is 8.00. The summed E-state index contributed by atoms with van der Waals surface area (Å²) in [6.07, 6.45) is 1.50. The quantitative estimate of drug-likeness (QED) is 0.769. The van der Waals surface area contributed by atoms with E-state index >= 15 is 0 Å². The second kappa shape index (κ2) is 9.17. The number of rotatable bonds is 8. The summed E-state index contributed by atoms with van der Waals surface area (Å²) >= 11 is 0. The van der Waals surface area contributed by atoms with Crippen molar-refractivity contribution in [2.45, 2.75) is 6.54 Å². The Bertz CT molecular complexity index is 864. The van der Waals surface area contributed by atoms with Crippen molar-refractivity contribution < 1.29 is 17.9 Å². The Kier molecular flexibility index (Phi) is 6.94. The van der Waals surface area contributed by atoms with Gasteiger partial charge in [-0.1, -0.05) is 48.5 Å². The molecule has 6 nitrogen and oxygen atoms in total. The molecule has 2 aromatic carbocycles. The van der Waals surface area contributed by atoms with Gasteiger partial charge in [-0.15, -0.1) is 0 Å². The molecule has 0 radical (unpaired) electrons. The molecule has 138 valence electrons. The minimum atomic E-state index is -3.68. The molecule has 0 atom stereocenters. The first-order chi connectivity index (χ1) is 12.4. The van der Waals surface area contributed by atoms with E-state index in [9.17, 15) is 13.2 Å². The van der Waals surface area contributed by atoms with Crippen molar-refractivity contribution in [1.29, 1.82) is 0 Å². The predicted molar refractivity (Wildman–Crippen MR) is 102 cm³/mol. The average Bonchev–Trinajstić information content (AvgIpc) is 2.65. The van der Waals surface area contributed by atoms with Crippen LogP contribution in [0.3, 0.4) is 0 Å². The molecule has 26 heavy (non-hydrogen) atoms. The summed E-state index contributed by atoms with van der Waals surface area (Å²) in [7, 11) is -0.758. The van der Waals surface area contributed by atoms with Crippen molar-refractivity contribution in [2.24, 2.45) is 0 Å². The predicted octanol–water partition coefficient (Wildman–Crippen LogP) is 2.24. The highest BCUT2D eigenvalue weighted by Gasteiger charge is 2.17. The number of para-hydroxylation sites is 1. The molecule has 0 bridgehead atoms. The number of sulfonamides is 1. The number of benzene rings is 2. The van der Waals surface area contributed by atoms with Gasteiger partial charge in [0.25, 0.3) is 0 Å². The lowest BCUT2D eigenvalue weighted by Crippen LogP contribution is -2.37. The van der Waals surface area contributed by atoms with Crippen LogP contribution in [0.4, 0.5) is 0 Å². The van der Waals surface area contributed by atoms with Gasteiger partial charge in [0.1, 0.15) is 5.75 Å². The molecule has 0 spiro atoms. The Morgan fingerprint density at radius 2 is 1.77 bits per heavy atom. The van der Waals surface area contributed by atoms with E-state index in [0.717, 1.165) is 20.8 Å². The molecule has 0 saturated carbocycles. The molecule has 2 aromatic rings. The third-order valence-electron chi connectivity index (χ3n) is 3.70. The second-order valence-electron chi connectivity index (χ2n) is 5.60. The lowest BCUT2D eigenvalue weighted by molar-refractivity contribution is -0.121. The summed E-state index contributed by atoms with van der Waals surface area (Å²) in [6, 6.07) is 16.4. The molecule has 0 aliphatic rings. The van der Waals surface area contributed by atoms with Crippen molar-refractivity contribution in [3.63, 3.8) is 0 Å². The van der Waals surface area contributed by atoms with E-state index in [1.165, 1.54) is 13.1 Å². The summed E-state index contributed by atoms with van der Waals surface area (Å²) in [5.74, 6) is 0.273. The van der Waals surface area contributed by atoms with Crippen LogP contribution in [-0.4, -0.2) is 39.3 Å². The summed E-state index contributed by atoms with van der Waals surface area (Å²) in [5.41, 5.74) is 1.59. The molecule has 0 aliphatic heterocycles. The van der Waals surface area contributed by atoms with Gasteiger partial charge in [0.05, 0.1) is 13.7 Å². The first-order valence-corrected chi connectivity index (χ1v) is 9.51. The molecule has 0 heterocycles. The SMILES string of the molecule is COc1ccccc1CNC(=O)CN(C)S(=O)(=O)C=Cc1ccccc1. The standard InChI is InChI=1S/C19H22N2O4S/c1-21(26(23,24)13-12-16-8-4-3-5-9-16)15-19(22)20-14-17-10-6-7-11-18(17)25-2/h3-13H,14-15H2,1-2H3,(H,20,22). The van der Waals surface area contributed by atoms with Crippen LogP contribution in [0.2, 0.25) is 0 Å². The van der Waals surface area contributed by atoms with Gasteiger partial charge in [0.15, 0.2) is 0 Å². The van der Waals surface area contributed by atoms with Crippen LogP contribution >= 0.6 is 0 Å². The largest absolute Gasteiger partial charge is 0.496 e. The van der Waals surface area contributed by atoms with Gasteiger partial charge < -0.3 is 10.1 Å². The Morgan fingerprint density at radius 3 is 2.46 bits per heavy atom. The van der Waals surface area contributed by atoms with Gasteiger partial charge in [-0.25, -0.2) is 8.42 Å². The lowest BCUT2D eigenvalue weighted by Gasteiger charge is -2.15. The number of amides is 1. The maximum atomic E-state index is 12.3. The highest BCUT2D eigenvalue weighted by molar-refractivity contribution is 7.92. The molecule has 0 unspecified atom stereocenters. The van der Waals surface area contributed by atoms with E-state index in [1.54, 1.807) is 25.3 Å². The molecule has 2 rings (SSSR count). The fourth-order valence-corrected chi connectivity index (χ4v) is 3.06. The Morgan fingerprint density at radius 1 is 1.12 bits per heavy atom. The monoisotopic (exact) mass is 374 g/mol. The van der Waals surface area contributed by atoms with Crippen LogP contribution in [0, 0.1) is 0 Å². The molecule has 1 amide bonds. The zero-order chi connectivity index (χ0) is 19.0. The molecule has 1 N–H and O–H groups in total.